The topological polar surface area (TPSA) is 89.3 Å². The van der Waals surface area contributed by atoms with E-state index in [2.05, 4.69) is 5.32 Å². The Morgan fingerprint density at radius 2 is 2.05 bits per heavy atom. The highest BCUT2D eigenvalue weighted by Gasteiger charge is 2.29. The van der Waals surface area contributed by atoms with E-state index < -0.39 is 14.8 Å². The van der Waals surface area contributed by atoms with Gasteiger partial charge >= 0.3 is 5.69 Å². The Bertz CT molecular complexity index is 623. The lowest BCUT2D eigenvalue weighted by molar-refractivity contribution is -0.386. The number of nitrogens with zero attached hydrogens (tertiary/aromatic N) is 1. The van der Waals surface area contributed by atoms with Gasteiger partial charge in [0, 0.05) is 12.3 Å². The molecule has 0 bridgehead atoms. The molecule has 1 N–H and O–H groups in total. The van der Waals surface area contributed by atoms with Gasteiger partial charge in [-0.25, -0.2) is 8.42 Å². The molecule has 0 amide bonds. The molecule has 1 aliphatic carbocycles. The van der Waals surface area contributed by atoms with Crippen LogP contribution >= 0.6 is 0 Å². The number of sulfone groups is 1. The van der Waals surface area contributed by atoms with Gasteiger partial charge in [-0.05, 0) is 37.8 Å². The van der Waals surface area contributed by atoms with Crippen LogP contribution in [0.2, 0.25) is 0 Å². The van der Waals surface area contributed by atoms with Crippen molar-refractivity contribution in [3.63, 3.8) is 0 Å². The van der Waals surface area contributed by atoms with Crippen LogP contribution in [0, 0.1) is 16.0 Å². The molecule has 6 nitrogen and oxygen atoms in total. The van der Waals surface area contributed by atoms with E-state index in [1.54, 1.807) is 6.07 Å². The standard InChI is InChI=1S/C13H18N2O4S/c1-9(10-5-3-6-10)14-11-7-4-8-12(20(2,18)19)13(11)15(16)17/h4,7-10,14H,3,5-6H2,1-2H3. The lowest BCUT2D eigenvalue weighted by atomic mass is 9.80. The molecule has 1 aliphatic rings. The smallest absolute Gasteiger partial charge is 0.310 e. The minimum absolute atomic E-state index is 0.0947. The van der Waals surface area contributed by atoms with E-state index in [0.29, 0.717) is 5.92 Å². The van der Waals surface area contributed by atoms with E-state index in [0.717, 1.165) is 19.1 Å². The Morgan fingerprint density at radius 3 is 2.50 bits per heavy atom. The molecule has 0 spiro atoms. The number of nitrogens with one attached hydrogen (secondary N) is 1. The minimum Gasteiger partial charge on any atom is -0.377 e. The zero-order chi connectivity index (χ0) is 14.9. The van der Waals surface area contributed by atoms with Crippen molar-refractivity contribution >= 4 is 21.2 Å². The monoisotopic (exact) mass is 298 g/mol. The van der Waals surface area contributed by atoms with Crippen molar-refractivity contribution in [2.75, 3.05) is 11.6 Å². The summed E-state index contributed by atoms with van der Waals surface area (Å²) >= 11 is 0. The average molecular weight is 298 g/mol. The number of benzene rings is 1. The highest BCUT2D eigenvalue weighted by molar-refractivity contribution is 7.90. The van der Waals surface area contributed by atoms with Gasteiger partial charge in [-0.15, -0.1) is 0 Å². The average Bonchev–Trinajstić information content (AvgIpc) is 2.24. The quantitative estimate of drug-likeness (QED) is 0.666. The van der Waals surface area contributed by atoms with Crippen LogP contribution < -0.4 is 5.32 Å². The summed E-state index contributed by atoms with van der Waals surface area (Å²) in [5, 5.41) is 14.3. The Balaban J connectivity index is 2.39. The van der Waals surface area contributed by atoms with Crippen molar-refractivity contribution < 1.29 is 13.3 Å². The first kappa shape index (κ1) is 14.8. The molecule has 1 aromatic rings. The molecule has 0 aliphatic heterocycles. The molecule has 1 fully saturated rings. The van der Waals surface area contributed by atoms with Crippen molar-refractivity contribution in [2.45, 2.75) is 37.1 Å². The van der Waals surface area contributed by atoms with Crippen molar-refractivity contribution in [3.05, 3.63) is 28.3 Å². The van der Waals surface area contributed by atoms with Crippen LogP contribution in [-0.4, -0.2) is 25.6 Å². The van der Waals surface area contributed by atoms with Crippen LogP contribution in [0.15, 0.2) is 23.1 Å². The molecular weight excluding hydrogens is 280 g/mol. The van der Waals surface area contributed by atoms with Crippen LogP contribution in [-0.2, 0) is 9.84 Å². The lowest BCUT2D eigenvalue weighted by Gasteiger charge is -2.32. The molecule has 20 heavy (non-hydrogen) atoms. The SMILES string of the molecule is CC(Nc1cccc(S(C)(=O)=O)c1[N+](=O)[O-])C1CCC1. The number of nitro groups is 1. The van der Waals surface area contributed by atoms with E-state index in [1.165, 1.54) is 18.6 Å². The van der Waals surface area contributed by atoms with Crippen LogP contribution in [0.1, 0.15) is 26.2 Å². The highest BCUT2D eigenvalue weighted by Crippen LogP contribution is 2.35. The number of hydrogen-bond acceptors (Lipinski definition) is 5. The van der Waals surface area contributed by atoms with Gasteiger partial charge < -0.3 is 5.32 Å². The summed E-state index contributed by atoms with van der Waals surface area (Å²) in [6.45, 7) is 1.97. The summed E-state index contributed by atoms with van der Waals surface area (Å²) in [5.74, 6) is 0.497. The second-order valence-corrected chi connectivity index (χ2v) is 7.29. The van der Waals surface area contributed by atoms with E-state index in [4.69, 9.17) is 0 Å². The molecule has 1 saturated carbocycles. The molecular formula is C13H18N2O4S. The second kappa shape index (κ2) is 5.40. The van der Waals surface area contributed by atoms with Gasteiger partial charge in [-0.2, -0.15) is 0 Å². The third-order valence-electron chi connectivity index (χ3n) is 3.82. The fourth-order valence-electron chi connectivity index (χ4n) is 2.43. The van der Waals surface area contributed by atoms with Gasteiger partial charge in [0.15, 0.2) is 9.84 Å². The predicted octanol–water partition coefficient (Wildman–Crippen LogP) is 2.60. The maximum atomic E-state index is 11.7. The van der Waals surface area contributed by atoms with Gasteiger partial charge in [-0.3, -0.25) is 10.1 Å². The molecule has 110 valence electrons. The molecule has 7 heteroatoms. The van der Waals surface area contributed by atoms with Crippen molar-refractivity contribution in [1.82, 2.24) is 0 Å². The molecule has 0 saturated heterocycles. The third kappa shape index (κ3) is 2.92. The number of para-hydroxylation sites is 1. The van der Waals surface area contributed by atoms with Gasteiger partial charge in [0.2, 0.25) is 0 Å². The molecule has 1 aromatic carbocycles. The van der Waals surface area contributed by atoms with Crippen LogP contribution in [0.4, 0.5) is 11.4 Å². The number of rotatable bonds is 5. The Labute approximate surface area is 118 Å². The van der Waals surface area contributed by atoms with Crippen LogP contribution in [0.25, 0.3) is 0 Å². The zero-order valence-corrected chi connectivity index (χ0v) is 12.3. The first-order valence-corrected chi connectivity index (χ1v) is 8.44. The molecule has 1 unspecified atom stereocenters. The summed E-state index contributed by atoms with van der Waals surface area (Å²) in [7, 11) is -3.63. The first-order valence-electron chi connectivity index (χ1n) is 6.54. The normalized spacial score (nSPS) is 17.3. The lowest BCUT2D eigenvalue weighted by Crippen LogP contribution is -2.31. The summed E-state index contributed by atoms with van der Waals surface area (Å²) in [4.78, 5) is 10.4. The Hall–Kier alpha value is -1.63. The van der Waals surface area contributed by atoms with Gasteiger partial charge in [0.1, 0.15) is 10.6 Å². The predicted molar refractivity (Wildman–Crippen MR) is 76.6 cm³/mol. The molecule has 0 radical (unpaired) electrons. The maximum Gasteiger partial charge on any atom is 0.310 e. The van der Waals surface area contributed by atoms with E-state index in [-0.39, 0.29) is 22.3 Å². The first-order chi connectivity index (χ1) is 9.30. The molecule has 1 atom stereocenters. The van der Waals surface area contributed by atoms with Gasteiger partial charge in [0.25, 0.3) is 0 Å². The highest BCUT2D eigenvalue weighted by atomic mass is 32.2. The van der Waals surface area contributed by atoms with E-state index >= 15 is 0 Å². The number of nitro benzene ring substituents is 1. The maximum absolute atomic E-state index is 11.7. The Kier molecular flexibility index (Phi) is 3.99. The second-order valence-electron chi connectivity index (χ2n) is 5.31. The van der Waals surface area contributed by atoms with Crippen molar-refractivity contribution in [3.8, 4) is 0 Å². The fourth-order valence-corrected chi connectivity index (χ4v) is 3.29. The summed E-state index contributed by atoms with van der Waals surface area (Å²) in [6, 6.07) is 4.45. The van der Waals surface area contributed by atoms with Gasteiger partial charge in [0.05, 0.1) is 4.92 Å². The molecule has 2 rings (SSSR count). The fraction of sp³-hybridized carbons (Fsp3) is 0.538. The largest absolute Gasteiger partial charge is 0.377 e. The molecule has 0 aromatic heterocycles. The van der Waals surface area contributed by atoms with Crippen LogP contribution in [0.5, 0.6) is 0 Å². The minimum atomic E-state index is -3.63. The van der Waals surface area contributed by atoms with Crippen molar-refractivity contribution in [2.24, 2.45) is 5.92 Å². The summed E-state index contributed by atoms with van der Waals surface area (Å²) in [5.41, 5.74) is -0.0847. The number of hydrogen-bond donors (Lipinski definition) is 1. The third-order valence-corrected chi connectivity index (χ3v) is 4.95. The van der Waals surface area contributed by atoms with Crippen LogP contribution in [0.3, 0.4) is 0 Å². The summed E-state index contributed by atoms with van der Waals surface area (Å²) in [6.07, 6.45) is 4.37. The molecule has 0 heterocycles. The summed E-state index contributed by atoms with van der Waals surface area (Å²) < 4.78 is 23.3. The Morgan fingerprint density at radius 1 is 1.40 bits per heavy atom. The number of anilines is 1. The van der Waals surface area contributed by atoms with Crippen molar-refractivity contribution in [1.29, 1.82) is 0 Å². The van der Waals surface area contributed by atoms with Gasteiger partial charge in [-0.1, -0.05) is 12.5 Å². The van der Waals surface area contributed by atoms with E-state index in [1.807, 2.05) is 6.92 Å². The van der Waals surface area contributed by atoms with E-state index in [9.17, 15) is 18.5 Å². The zero-order valence-electron chi connectivity index (χ0n) is 11.5.